The molecule has 1 fully saturated rings. The van der Waals surface area contributed by atoms with Crippen LogP contribution in [0.3, 0.4) is 0 Å². The van der Waals surface area contributed by atoms with E-state index in [-0.39, 0.29) is 0 Å². The van der Waals surface area contributed by atoms with Crippen LogP contribution in [0, 0.1) is 0 Å². The van der Waals surface area contributed by atoms with E-state index in [4.69, 9.17) is 0 Å². The Kier molecular flexibility index (Phi) is 4.02. The van der Waals surface area contributed by atoms with Crippen molar-refractivity contribution in [3.8, 4) is 0 Å². The van der Waals surface area contributed by atoms with E-state index in [1.165, 1.54) is 47.7 Å². The van der Waals surface area contributed by atoms with E-state index in [1.807, 2.05) is 12.4 Å². The summed E-state index contributed by atoms with van der Waals surface area (Å²) in [5.41, 5.74) is 2.78. The molecule has 1 aliphatic heterocycles. The van der Waals surface area contributed by atoms with Crippen molar-refractivity contribution in [3.63, 3.8) is 0 Å². The van der Waals surface area contributed by atoms with Gasteiger partial charge < -0.3 is 5.32 Å². The van der Waals surface area contributed by atoms with Gasteiger partial charge in [-0.2, -0.15) is 0 Å². The number of hydrogen-bond acceptors (Lipinski definition) is 2. The van der Waals surface area contributed by atoms with Crippen LogP contribution in [0.5, 0.6) is 0 Å². The van der Waals surface area contributed by atoms with Crippen LogP contribution in [0.25, 0.3) is 10.8 Å². The zero-order valence-corrected chi connectivity index (χ0v) is 12.5. The Bertz CT molecular complexity index is 583. The minimum Gasteiger partial charge on any atom is -0.314 e. The fourth-order valence-electron chi connectivity index (χ4n) is 3.22. The highest BCUT2D eigenvalue weighted by Gasteiger charge is 2.13. The van der Waals surface area contributed by atoms with Crippen LogP contribution in [0.2, 0.25) is 0 Å². The maximum absolute atomic E-state index is 4.41. The molecule has 1 N–H and O–H groups in total. The summed E-state index contributed by atoms with van der Waals surface area (Å²) in [7, 11) is 0. The number of fused-ring (bicyclic) bond motifs is 1. The van der Waals surface area contributed by atoms with Crippen molar-refractivity contribution in [1.29, 1.82) is 0 Å². The summed E-state index contributed by atoms with van der Waals surface area (Å²) in [5.74, 6) is 0.525. The largest absolute Gasteiger partial charge is 0.314 e. The molecule has 0 aliphatic carbocycles. The van der Waals surface area contributed by atoms with Crippen LogP contribution in [-0.4, -0.2) is 17.6 Å². The van der Waals surface area contributed by atoms with E-state index in [2.05, 4.69) is 42.3 Å². The molecule has 2 heteroatoms. The van der Waals surface area contributed by atoms with Gasteiger partial charge in [0.05, 0.1) is 0 Å². The smallest absolute Gasteiger partial charge is 0.0346 e. The molecule has 1 saturated heterocycles. The molecule has 0 radical (unpaired) electrons. The lowest BCUT2D eigenvalue weighted by atomic mass is 9.94. The second kappa shape index (κ2) is 5.92. The van der Waals surface area contributed by atoms with E-state index in [9.17, 15) is 0 Å². The van der Waals surface area contributed by atoms with Crippen molar-refractivity contribution >= 4 is 10.8 Å². The van der Waals surface area contributed by atoms with Crippen LogP contribution in [0.1, 0.15) is 50.2 Å². The Morgan fingerprint density at radius 3 is 2.90 bits per heavy atom. The van der Waals surface area contributed by atoms with Crippen molar-refractivity contribution in [2.24, 2.45) is 0 Å². The number of aromatic nitrogens is 1. The summed E-state index contributed by atoms with van der Waals surface area (Å²) >= 11 is 0. The quantitative estimate of drug-likeness (QED) is 0.908. The summed E-state index contributed by atoms with van der Waals surface area (Å²) in [6.45, 7) is 5.64. The van der Waals surface area contributed by atoms with Gasteiger partial charge in [0.1, 0.15) is 0 Å². The second-order valence-corrected chi connectivity index (χ2v) is 6.29. The van der Waals surface area contributed by atoms with Crippen LogP contribution >= 0.6 is 0 Å². The lowest BCUT2D eigenvalue weighted by Crippen LogP contribution is -2.35. The normalized spacial score (nSPS) is 19.6. The molecule has 1 aromatic carbocycles. The first-order valence-electron chi connectivity index (χ1n) is 7.84. The first-order valence-corrected chi connectivity index (χ1v) is 7.84. The van der Waals surface area contributed by atoms with Gasteiger partial charge in [0.2, 0.25) is 0 Å². The van der Waals surface area contributed by atoms with E-state index in [0.29, 0.717) is 12.0 Å². The molecule has 0 bridgehead atoms. The average Bonchev–Trinajstić information content (AvgIpc) is 2.47. The number of hydrogen-bond donors (Lipinski definition) is 1. The third kappa shape index (κ3) is 2.85. The summed E-state index contributed by atoms with van der Waals surface area (Å²) in [6.07, 6.45) is 9.15. The van der Waals surface area contributed by atoms with Gasteiger partial charge in [-0.1, -0.05) is 32.4 Å². The zero-order chi connectivity index (χ0) is 13.9. The van der Waals surface area contributed by atoms with Gasteiger partial charge in [0, 0.05) is 23.8 Å². The summed E-state index contributed by atoms with van der Waals surface area (Å²) < 4.78 is 0. The molecule has 2 nitrogen and oxygen atoms in total. The van der Waals surface area contributed by atoms with E-state index < -0.39 is 0 Å². The summed E-state index contributed by atoms with van der Waals surface area (Å²) in [6, 6.07) is 7.56. The molecular weight excluding hydrogens is 244 g/mol. The predicted octanol–water partition coefficient (Wildman–Crippen LogP) is 4.04. The molecule has 1 aromatic heterocycles. The van der Waals surface area contributed by atoms with E-state index in [0.717, 1.165) is 6.42 Å². The lowest BCUT2D eigenvalue weighted by Gasteiger charge is -2.23. The molecule has 2 aromatic rings. The maximum Gasteiger partial charge on any atom is 0.0346 e. The Balaban J connectivity index is 1.87. The third-order valence-corrected chi connectivity index (χ3v) is 4.37. The second-order valence-electron chi connectivity index (χ2n) is 6.29. The van der Waals surface area contributed by atoms with Gasteiger partial charge in [-0.05, 0) is 54.3 Å². The average molecular weight is 268 g/mol. The number of nitrogens with one attached hydrogen (secondary N) is 1. The number of benzene rings is 1. The molecule has 0 saturated carbocycles. The zero-order valence-electron chi connectivity index (χ0n) is 12.5. The summed E-state index contributed by atoms with van der Waals surface area (Å²) in [4.78, 5) is 4.41. The van der Waals surface area contributed by atoms with Crippen molar-refractivity contribution in [3.05, 3.63) is 41.7 Å². The van der Waals surface area contributed by atoms with Crippen molar-refractivity contribution in [2.45, 2.75) is 51.5 Å². The molecule has 1 unspecified atom stereocenters. The van der Waals surface area contributed by atoms with Crippen LogP contribution < -0.4 is 5.32 Å². The van der Waals surface area contributed by atoms with Crippen molar-refractivity contribution in [1.82, 2.24) is 10.3 Å². The van der Waals surface area contributed by atoms with Crippen LogP contribution in [0.4, 0.5) is 0 Å². The standard InChI is InChI=1S/C18H24N2/c1-13(2)18-12-19-11-15-9-14(6-7-17(15)18)10-16-5-3-4-8-20-16/h6-7,9,11-13,16,20H,3-5,8,10H2,1-2H3. The molecule has 0 amide bonds. The molecule has 106 valence electrons. The highest BCUT2D eigenvalue weighted by Crippen LogP contribution is 2.25. The third-order valence-electron chi connectivity index (χ3n) is 4.37. The fraction of sp³-hybridized carbons (Fsp3) is 0.500. The fourth-order valence-corrected chi connectivity index (χ4v) is 3.22. The topological polar surface area (TPSA) is 24.9 Å². The molecule has 1 atom stereocenters. The number of pyridine rings is 1. The Morgan fingerprint density at radius 1 is 1.25 bits per heavy atom. The van der Waals surface area contributed by atoms with Gasteiger partial charge >= 0.3 is 0 Å². The molecule has 3 rings (SSSR count). The van der Waals surface area contributed by atoms with Gasteiger partial charge in [-0.15, -0.1) is 0 Å². The summed E-state index contributed by atoms with van der Waals surface area (Å²) in [5, 5.41) is 6.27. The lowest BCUT2D eigenvalue weighted by molar-refractivity contribution is 0.399. The molecule has 0 spiro atoms. The Morgan fingerprint density at radius 2 is 2.15 bits per heavy atom. The molecule has 20 heavy (non-hydrogen) atoms. The van der Waals surface area contributed by atoms with Crippen molar-refractivity contribution in [2.75, 3.05) is 6.54 Å². The van der Waals surface area contributed by atoms with Crippen LogP contribution in [-0.2, 0) is 6.42 Å². The first kappa shape index (κ1) is 13.6. The minimum absolute atomic E-state index is 0.525. The first-order chi connectivity index (χ1) is 9.74. The van der Waals surface area contributed by atoms with E-state index in [1.54, 1.807) is 0 Å². The predicted molar refractivity (Wildman–Crippen MR) is 85.2 cm³/mol. The van der Waals surface area contributed by atoms with Gasteiger partial charge in [-0.25, -0.2) is 0 Å². The van der Waals surface area contributed by atoms with Gasteiger partial charge in [-0.3, -0.25) is 4.98 Å². The number of rotatable bonds is 3. The monoisotopic (exact) mass is 268 g/mol. The van der Waals surface area contributed by atoms with E-state index >= 15 is 0 Å². The molecule has 1 aliphatic rings. The van der Waals surface area contributed by atoms with Crippen LogP contribution in [0.15, 0.2) is 30.6 Å². The molecular formula is C18H24N2. The highest BCUT2D eigenvalue weighted by molar-refractivity contribution is 5.85. The SMILES string of the molecule is CC(C)c1cncc2cc(CC3CCCCN3)ccc12. The Labute approximate surface area is 121 Å². The number of nitrogens with zero attached hydrogens (tertiary/aromatic N) is 1. The highest BCUT2D eigenvalue weighted by atomic mass is 14.9. The van der Waals surface area contributed by atoms with Gasteiger partial charge in [0.25, 0.3) is 0 Å². The number of piperidine rings is 1. The molecule has 2 heterocycles. The minimum atomic E-state index is 0.525. The maximum atomic E-state index is 4.41. The Hall–Kier alpha value is -1.41. The van der Waals surface area contributed by atoms with Crippen molar-refractivity contribution < 1.29 is 0 Å². The van der Waals surface area contributed by atoms with Gasteiger partial charge in [0.15, 0.2) is 0 Å².